The number of rotatable bonds is 6. The van der Waals surface area contributed by atoms with Crippen molar-refractivity contribution in [2.24, 2.45) is 5.92 Å². The summed E-state index contributed by atoms with van der Waals surface area (Å²) in [7, 11) is -3.93. The third kappa shape index (κ3) is 5.60. The number of aryl methyl sites for hydroxylation is 2. The Kier molecular flexibility index (Phi) is 6.70. The molecule has 0 unspecified atom stereocenters. The summed E-state index contributed by atoms with van der Waals surface area (Å²) in [4.78, 5) is 34.5. The van der Waals surface area contributed by atoms with Crippen molar-refractivity contribution in [1.82, 2.24) is 15.0 Å². The Morgan fingerprint density at radius 1 is 1.12 bits per heavy atom. The highest BCUT2D eigenvalue weighted by molar-refractivity contribution is 7.51. The van der Waals surface area contributed by atoms with Crippen LogP contribution >= 0.6 is 7.60 Å². The van der Waals surface area contributed by atoms with E-state index in [1.165, 1.54) is 11.1 Å². The summed E-state index contributed by atoms with van der Waals surface area (Å²) in [6, 6.07) is 8.16. The lowest BCUT2D eigenvalue weighted by Crippen LogP contribution is -2.34. The highest BCUT2D eigenvalue weighted by atomic mass is 31.2. The minimum Gasteiger partial charge on any atom is -0.356 e. The number of hydrogen-bond acceptors (Lipinski definition) is 5. The van der Waals surface area contributed by atoms with Crippen LogP contribution in [-0.4, -0.2) is 44.0 Å². The van der Waals surface area contributed by atoms with Gasteiger partial charge >= 0.3 is 7.60 Å². The number of nitrogens with zero attached hydrogens (tertiary/aromatic N) is 4. The molecule has 0 aliphatic carbocycles. The molecule has 3 heterocycles. The predicted octanol–water partition coefficient (Wildman–Crippen LogP) is 4.60. The summed E-state index contributed by atoms with van der Waals surface area (Å²) in [6.45, 7) is 5.82. The Bertz CT molecular complexity index is 1170. The number of piperidine rings is 1. The fraction of sp³-hybridized carbons (Fsp3) is 0.375. The normalized spacial score (nSPS) is 15.7. The average Bonchev–Trinajstić information content (AvgIpc) is 2.77. The van der Waals surface area contributed by atoms with E-state index in [-0.39, 0.29) is 6.16 Å². The second-order valence-corrected chi connectivity index (χ2v) is 10.4. The molecule has 0 atom stereocenters. The molecular weight excluding hydrogens is 423 g/mol. The van der Waals surface area contributed by atoms with Crippen LogP contribution in [0.3, 0.4) is 0 Å². The van der Waals surface area contributed by atoms with Gasteiger partial charge in [-0.1, -0.05) is 6.07 Å². The molecule has 8 heteroatoms. The van der Waals surface area contributed by atoms with Crippen LogP contribution in [0.1, 0.15) is 41.8 Å². The van der Waals surface area contributed by atoms with Crippen LogP contribution in [0, 0.1) is 19.8 Å². The molecule has 168 valence electrons. The fourth-order valence-electron chi connectivity index (χ4n) is 4.13. The van der Waals surface area contributed by atoms with E-state index >= 15 is 0 Å². The first-order valence-corrected chi connectivity index (χ1v) is 12.7. The predicted molar refractivity (Wildman–Crippen MR) is 129 cm³/mol. The van der Waals surface area contributed by atoms with Crippen molar-refractivity contribution in [3.63, 3.8) is 0 Å². The topological polar surface area (TPSA) is 99.4 Å². The van der Waals surface area contributed by atoms with E-state index in [9.17, 15) is 14.4 Å². The van der Waals surface area contributed by atoms with E-state index in [4.69, 9.17) is 9.97 Å². The lowest BCUT2D eigenvalue weighted by molar-refractivity contribution is 0.350. The maximum atomic E-state index is 11.2. The summed E-state index contributed by atoms with van der Waals surface area (Å²) in [5.41, 5.74) is 4.31. The van der Waals surface area contributed by atoms with Gasteiger partial charge < -0.3 is 14.7 Å². The minimum absolute atomic E-state index is 0.0319. The van der Waals surface area contributed by atoms with Gasteiger partial charge in [-0.15, -0.1) is 0 Å². The van der Waals surface area contributed by atoms with Crippen LogP contribution in [0.15, 0.2) is 36.7 Å². The lowest BCUT2D eigenvalue weighted by atomic mass is 9.94. The summed E-state index contributed by atoms with van der Waals surface area (Å²) >= 11 is 0. The van der Waals surface area contributed by atoms with Crippen LogP contribution in [-0.2, 0) is 4.57 Å². The largest absolute Gasteiger partial charge is 0.356 e. The Labute approximate surface area is 188 Å². The number of fused-ring (bicyclic) bond motifs is 1. The molecule has 0 spiro atoms. The molecule has 0 radical (unpaired) electrons. The van der Waals surface area contributed by atoms with Crippen molar-refractivity contribution in [1.29, 1.82) is 0 Å². The fourth-order valence-corrected chi connectivity index (χ4v) is 4.84. The second-order valence-electron chi connectivity index (χ2n) is 8.59. The second kappa shape index (κ2) is 9.49. The molecule has 4 rings (SSSR count). The van der Waals surface area contributed by atoms with Crippen molar-refractivity contribution < 1.29 is 14.4 Å². The number of aromatic nitrogens is 3. The Morgan fingerprint density at radius 3 is 2.56 bits per heavy atom. The maximum Gasteiger partial charge on any atom is 0.325 e. The molecule has 1 fully saturated rings. The average molecular weight is 452 g/mol. The SMILES string of the molecule is Cc1cc2nc(/C=C/c3cccnc3)nc(N3CCC(CCP(=O)(O)O)CC3)c2cc1C. The van der Waals surface area contributed by atoms with Gasteiger partial charge in [0.05, 0.1) is 11.7 Å². The monoisotopic (exact) mass is 452 g/mol. The van der Waals surface area contributed by atoms with E-state index in [1.54, 1.807) is 12.4 Å². The molecule has 1 aromatic carbocycles. The highest BCUT2D eigenvalue weighted by Gasteiger charge is 2.24. The van der Waals surface area contributed by atoms with Crippen molar-refractivity contribution in [3.05, 3.63) is 59.2 Å². The number of pyridine rings is 1. The lowest BCUT2D eigenvalue weighted by Gasteiger charge is -2.33. The van der Waals surface area contributed by atoms with Crippen molar-refractivity contribution >= 4 is 36.5 Å². The van der Waals surface area contributed by atoms with Crippen molar-refractivity contribution in [3.8, 4) is 0 Å². The van der Waals surface area contributed by atoms with Gasteiger partial charge in [0.15, 0.2) is 5.82 Å². The molecule has 32 heavy (non-hydrogen) atoms. The first-order chi connectivity index (χ1) is 15.3. The van der Waals surface area contributed by atoms with E-state index in [2.05, 4.69) is 35.9 Å². The van der Waals surface area contributed by atoms with Crippen LogP contribution in [0.4, 0.5) is 5.82 Å². The van der Waals surface area contributed by atoms with Gasteiger partial charge in [-0.2, -0.15) is 0 Å². The van der Waals surface area contributed by atoms with Gasteiger partial charge in [0.2, 0.25) is 0 Å². The van der Waals surface area contributed by atoms with Gasteiger partial charge in [-0.05, 0) is 86.1 Å². The number of benzene rings is 1. The van der Waals surface area contributed by atoms with E-state index in [0.717, 1.165) is 48.2 Å². The van der Waals surface area contributed by atoms with Gasteiger partial charge in [-0.25, -0.2) is 9.97 Å². The zero-order valence-corrected chi connectivity index (χ0v) is 19.4. The number of anilines is 1. The van der Waals surface area contributed by atoms with Crippen LogP contribution in [0.5, 0.6) is 0 Å². The first-order valence-electron chi connectivity index (χ1n) is 10.9. The van der Waals surface area contributed by atoms with Gasteiger partial charge in [0.1, 0.15) is 5.82 Å². The van der Waals surface area contributed by atoms with Crippen molar-refractivity contribution in [2.45, 2.75) is 33.1 Å². The van der Waals surface area contributed by atoms with E-state index in [1.807, 2.05) is 24.3 Å². The maximum absolute atomic E-state index is 11.2. The molecule has 0 bridgehead atoms. The Hall–Kier alpha value is -2.60. The summed E-state index contributed by atoms with van der Waals surface area (Å²) < 4.78 is 11.2. The quantitative estimate of drug-likeness (QED) is 0.528. The Balaban J connectivity index is 1.62. The minimum atomic E-state index is -3.93. The zero-order chi connectivity index (χ0) is 22.7. The molecule has 0 saturated carbocycles. The molecule has 1 aliphatic heterocycles. The molecule has 2 aromatic heterocycles. The summed E-state index contributed by atoms with van der Waals surface area (Å²) in [5, 5.41) is 1.04. The standard InChI is InChI=1S/C24H29N4O3P/c1-17-14-21-22(15-18(17)2)26-23(6-5-20-4-3-10-25-16-20)27-24(21)28-11-7-19(8-12-28)9-13-32(29,30)31/h3-6,10,14-16,19H,7-9,11-13H2,1-2H3,(H2,29,30,31)/b6-5+. The molecule has 3 aromatic rings. The molecule has 2 N–H and O–H groups in total. The summed E-state index contributed by atoms with van der Waals surface area (Å²) in [5.74, 6) is 1.92. The first kappa shape index (κ1) is 22.6. The zero-order valence-electron chi connectivity index (χ0n) is 18.5. The van der Waals surface area contributed by atoms with E-state index in [0.29, 0.717) is 18.2 Å². The van der Waals surface area contributed by atoms with Gasteiger partial charge in [0.25, 0.3) is 0 Å². The van der Waals surface area contributed by atoms with Gasteiger partial charge in [-0.3, -0.25) is 9.55 Å². The van der Waals surface area contributed by atoms with Crippen molar-refractivity contribution in [2.75, 3.05) is 24.2 Å². The third-order valence-corrected chi connectivity index (χ3v) is 7.00. The molecular formula is C24H29N4O3P. The third-order valence-electron chi connectivity index (χ3n) is 6.16. The highest BCUT2D eigenvalue weighted by Crippen LogP contribution is 2.38. The molecule has 0 amide bonds. The van der Waals surface area contributed by atoms with E-state index < -0.39 is 7.60 Å². The van der Waals surface area contributed by atoms with Gasteiger partial charge in [0, 0.05) is 30.9 Å². The Morgan fingerprint density at radius 2 is 1.88 bits per heavy atom. The molecule has 1 aliphatic rings. The molecule has 7 nitrogen and oxygen atoms in total. The molecule has 1 saturated heterocycles. The van der Waals surface area contributed by atoms with Crippen LogP contribution in [0.25, 0.3) is 23.1 Å². The summed E-state index contributed by atoms with van der Waals surface area (Å²) in [6.07, 6.45) is 9.77. The number of hydrogen-bond donors (Lipinski definition) is 2. The van der Waals surface area contributed by atoms with Crippen LogP contribution < -0.4 is 4.90 Å². The smallest absolute Gasteiger partial charge is 0.325 e. The van der Waals surface area contributed by atoms with Crippen LogP contribution in [0.2, 0.25) is 0 Å².